The molecule has 506 valence electrons. The van der Waals surface area contributed by atoms with E-state index in [4.69, 9.17) is 10.2 Å². The van der Waals surface area contributed by atoms with Gasteiger partial charge in [0.2, 0.25) is 0 Å². The standard InChI is InChI=1S/C18H21N3O2.2C14H21N3O2.C12H17N3O2.C11H15N3O2/c22-11-15(8-6-13-4-2-1-3-5-13)19-10-14-7-9-16-17(14)20-12-21-18(16)23;1-9(2)5-11(7-18)15-6-10-3-4-12-13(10)16-8-17-14(12)19;1-3-9(2)12(7-18)15-6-10-4-5-11-13(10)16-8-17-14(11)19;1-2-9(6-16)13-5-8-3-4-10-11(8)14-7-15-12(10)17;1-7(5-15)12-4-8-2-3-9-10(8)13-6-14-11(9)16/h1-5,7,12,15,19,22H,6,8-11H2,(H,20,21,23);3,8-9,11,15,18H,4-7H2,1-2H3,(H,16,17,19);4,8-9,12,15,18H,3,5-7H2,1-2H3,(H,16,17,19);3,7,9,13,16H,2,4-6H2,1H3,(H,14,15,17);2,6-7,12,15H,3-5H2,1H3,(H,13,14,16)/t15-;11-;9-,12+;9-;7-/m10010/s1. The Kier molecular flexibility index (Phi) is 29.4. The van der Waals surface area contributed by atoms with Crippen LogP contribution in [0.2, 0.25) is 0 Å². The van der Waals surface area contributed by atoms with Crippen LogP contribution >= 0.6 is 0 Å². The Morgan fingerprint density at radius 2 is 0.755 bits per heavy atom. The van der Waals surface area contributed by atoms with Gasteiger partial charge in [0.25, 0.3) is 27.8 Å². The van der Waals surface area contributed by atoms with Gasteiger partial charge in [-0.25, -0.2) is 24.9 Å². The highest BCUT2D eigenvalue weighted by atomic mass is 16.3. The smallest absolute Gasteiger partial charge is 0.254 e. The molecule has 0 spiro atoms. The van der Waals surface area contributed by atoms with Crippen molar-refractivity contribution < 1.29 is 25.5 Å². The Bertz CT molecular complexity index is 3860. The number of aromatic amines is 5. The molecule has 5 aromatic heterocycles. The number of aliphatic hydroxyl groups is 5. The number of nitrogens with zero attached hydrogens (tertiary/aromatic N) is 5. The van der Waals surface area contributed by atoms with Crippen LogP contribution in [0.3, 0.4) is 0 Å². The second-order valence-corrected chi connectivity index (χ2v) is 24.3. The summed E-state index contributed by atoms with van der Waals surface area (Å²) in [6.45, 7) is 16.2. The highest BCUT2D eigenvalue weighted by Crippen LogP contribution is 2.26. The number of allylic oxidation sites excluding steroid dienone is 5. The molecule has 0 fully saturated rings. The number of nitrogens with one attached hydrogen (secondary N) is 10. The fourth-order valence-corrected chi connectivity index (χ4v) is 11.3. The lowest BCUT2D eigenvalue weighted by Crippen LogP contribution is -2.38. The van der Waals surface area contributed by atoms with Crippen LogP contribution < -0.4 is 54.4 Å². The quantitative estimate of drug-likeness (QED) is 0.0335. The van der Waals surface area contributed by atoms with Crippen molar-refractivity contribution in [1.82, 2.24) is 76.4 Å². The van der Waals surface area contributed by atoms with Gasteiger partial charge in [-0.15, -0.1) is 0 Å². The summed E-state index contributed by atoms with van der Waals surface area (Å²) in [4.78, 5) is 92.0. The molecule has 1 aromatic carbocycles. The molecule has 0 bridgehead atoms. The zero-order chi connectivity index (χ0) is 67.5. The molecule has 5 aliphatic carbocycles. The first-order valence-electron chi connectivity index (χ1n) is 32.6. The third kappa shape index (κ3) is 20.7. The van der Waals surface area contributed by atoms with Gasteiger partial charge in [-0.1, -0.05) is 102 Å². The van der Waals surface area contributed by atoms with Gasteiger partial charge in [0.1, 0.15) is 0 Å². The zero-order valence-corrected chi connectivity index (χ0v) is 54.9. The van der Waals surface area contributed by atoms with Crippen molar-refractivity contribution in [1.29, 1.82) is 0 Å². The summed E-state index contributed by atoms with van der Waals surface area (Å²) in [5, 5.41) is 62.7. The van der Waals surface area contributed by atoms with E-state index in [9.17, 15) is 39.3 Å². The number of aryl methyl sites for hydroxylation is 1. The molecule has 0 aliphatic heterocycles. The van der Waals surface area contributed by atoms with E-state index in [0.29, 0.717) is 76.7 Å². The molecule has 25 nitrogen and oxygen atoms in total. The SMILES string of the molecule is CC(C)C[C@@H](CO)NCC1=CCc2c1nc[nH]c2=O.CC[C@H](C)[C@@H](CO)NCC1=CCc2c1nc[nH]c2=O.CC[C@H](CO)NCC1=CCc2c1nc[nH]c2=O.C[C@@H](CO)NCC1=CCc2c1nc[nH]c2=O.O=c1[nH]cnc2c1CC=C2CN[C@@H](CO)CCc1ccccc1. The molecule has 5 aliphatic rings. The summed E-state index contributed by atoms with van der Waals surface area (Å²) in [5.41, 5.74) is 13.8. The van der Waals surface area contributed by atoms with E-state index in [2.05, 4.69) is 116 Å². The largest absolute Gasteiger partial charge is 0.395 e. The van der Waals surface area contributed by atoms with E-state index in [1.54, 1.807) is 0 Å². The molecule has 94 heavy (non-hydrogen) atoms. The number of benzene rings is 1. The summed E-state index contributed by atoms with van der Waals surface area (Å²) in [7, 11) is 0. The number of hydrogen-bond donors (Lipinski definition) is 15. The lowest BCUT2D eigenvalue weighted by Gasteiger charge is -2.22. The lowest BCUT2D eigenvalue weighted by molar-refractivity contribution is 0.206. The molecule has 25 heteroatoms. The van der Waals surface area contributed by atoms with Crippen molar-refractivity contribution >= 4 is 27.9 Å². The second-order valence-electron chi connectivity index (χ2n) is 24.3. The predicted octanol–water partition coefficient (Wildman–Crippen LogP) is 2.45. The summed E-state index contributed by atoms with van der Waals surface area (Å²) >= 11 is 0. The van der Waals surface area contributed by atoms with Gasteiger partial charge in [0.15, 0.2) is 0 Å². The molecule has 0 saturated heterocycles. The fraction of sp³-hybridized carbons (Fsp3) is 0.478. The summed E-state index contributed by atoms with van der Waals surface area (Å²) < 4.78 is 0. The van der Waals surface area contributed by atoms with E-state index < -0.39 is 0 Å². The monoisotopic (exact) mass is 1290 g/mol. The summed E-state index contributed by atoms with van der Waals surface area (Å²) in [5.74, 6) is 0.953. The second kappa shape index (κ2) is 37.7. The van der Waals surface area contributed by atoms with E-state index in [1.807, 2.05) is 62.4 Å². The number of fused-ring (bicyclic) bond motifs is 5. The Morgan fingerprint density at radius 3 is 1.07 bits per heavy atom. The molecular weight excluding hydrogens is 1200 g/mol. The maximum absolute atomic E-state index is 11.7. The lowest BCUT2D eigenvalue weighted by atomic mass is 9.99. The molecule has 6 atom stereocenters. The Balaban J connectivity index is 0.000000167. The predicted molar refractivity (Wildman–Crippen MR) is 367 cm³/mol. The minimum absolute atomic E-state index is 0.0298. The van der Waals surface area contributed by atoms with E-state index >= 15 is 0 Å². The van der Waals surface area contributed by atoms with Gasteiger partial charge in [0.05, 0.1) is 93.1 Å². The van der Waals surface area contributed by atoms with Crippen LogP contribution in [0.25, 0.3) is 27.9 Å². The first-order valence-corrected chi connectivity index (χ1v) is 32.6. The number of H-pyrrole nitrogens is 5. The molecule has 15 N–H and O–H groups in total. The highest BCUT2D eigenvalue weighted by molar-refractivity contribution is 5.74. The maximum atomic E-state index is 11.7. The van der Waals surface area contributed by atoms with Crippen molar-refractivity contribution in [3.8, 4) is 0 Å². The Hall–Kier alpha value is -8.08. The summed E-state index contributed by atoms with van der Waals surface area (Å²) in [6.07, 6.45) is 25.1. The van der Waals surface area contributed by atoms with Gasteiger partial charge in [0, 0.05) is 90.8 Å². The van der Waals surface area contributed by atoms with Crippen LogP contribution in [0.15, 0.2) is 116 Å². The average Bonchev–Trinajstić information content (AvgIpc) is 1.73. The molecule has 0 saturated carbocycles. The number of aromatic nitrogens is 10. The molecule has 0 unspecified atom stereocenters. The molecule has 0 amide bonds. The number of hydrogen-bond acceptors (Lipinski definition) is 20. The molecule has 0 radical (unpaired) electrons. The molecular formula is C69H95N15O10. The minimum Gasteiger partial charge on any atom is -0.395 e. The van der Waals surface area contributed by atoms with Crippen LogP contribution in [0.4, 0.5) is 0 Å². The van der Waals surface area contributed by atoms with Crippen molar-refractivity contribution in [2.24, 2.45) is 11.8 Å². The molecule has 6 aromatic rings. The highest BCUT2D eigenvalue weighted by Gasteiger charge is 2.25. The maximum Gasteiger partial charge on any atom is 0.254 e. The first kappa shape index (κ1) is 73.3. The molecule has 11 rings (SSSR count). The van der Waals surface area contributed by atoms with Gasteiger partial charge < -0.3 is 77.0 Å². The van der Waals surface area contributed by atoms with Crippen LogP contribution in [-0.4, -0.2) is 171 Å². The van der Waals surface area contributed by atoms with Crippen LogP contribution in [-0.2, 0) is 38.5 Å². The van der Waals surface area contributed by atoms with E-state index in [-0.39, 0.29) is 91.0 Å². The van der Waals surface area contributed by atoms with Crippen LogP contribution in [0.5, 0.6) is 0 Å². The van der Waals surface area contributed by atoms with Crippen molar-refractivity contribution in [3.05, 3.63) is 206 Å². The number of aliphatic hydroxyl groups excluding tert-OH is 5. The van der Waals surface area contributed by atoms with Gasteiger partial charge >= 0.3 is 0 Å². The van der Waals surface area contributed by atoms with Gasteiger partial charge in [-0.05, 0) is 110 Å². The zero-order valence-electron chi connectivity index (χ0n) is 54.9. The number of rotatable bonds is 28. The third-order valence-corrected chi connectivity index (χ3v) is 17.3. The first-order chi connectivity index (χ1) is 45.5. The Morgan fingerprint density at radius 1 is 0.415 bits per heavy atom. The van der Waals surface area contributed by atoms with E-state index in [0.717, 1.165) is 116 Å². The third-order valence-electron chi connectivity index (χ3n) is 17.3. The van der Waals surface area contributed by atoms with Gasteiger partial charge in [-0.2, -0.15) is 0 Å². The van der Waals surface area contributed by atoms with Crippen molar-refractivity contribution in [2.45, 2.75) is 136 Å². The average molecular weight is 1290 g/mol. The Labute approximate surface area is 547 Å². The topological polar surface area (TPSA) is 390 Å². The fourth-order valence-electron chi connectivity index (χ4n) is 11.3. The van der Waals surface area contributed by atoms with Crippen molar-refractivity contribution in [3.63, 3.8) is 0 Å². The molecule has 5 heterocycles. The van der Waals surface area contributed by atoms with Crippen LogP contribution in [0, 0.1) is 11.8 Å². The van der Waals surface area contributed by atoms with Crippen molar-refractivity contribution in [2.75, 3.05) is 65.8 Å². The summed E-state index contributed by atoms with van der Waals surface area (Å²) in [6, 6.07) is 10.6. The van der Waals surface area contributed by atoms with E-state index in [1.165, 1.54) is 37.2 Å². The van der Waals surface area contributed by atoms with Crippen LogP contribution in [0.1, 0.15) is 129 Å². The minimum atomic E-state index is -0.0657. The normalized spacial score (nSPS) is 15.6. The van der Waals surface area contributed by atoms with Gasteiger partial charge in [-0.3, -0.25) is 24.0 Å².